The molecule has 148 valence electrons. The van der Waals surface area contributed by atoms with Gasteiger partial charge in [0.05, 0.1) is 11.6 Å². The first-order chi connectivity index (χ1) is 13.4. The van der Waals surface area contributed by atoms with E-state index in [1.165, 1.54) is 18.2 Å². The van der Waals surface area contributed by atoms with Crippen LogP contribution in [0.3, 0.4) is 0 Å². The molecule has 7 nitrogen and oxygen atoms in total. The number of ether oxygens (including phenoxy) is 1. The number of halogens is 1. The Morgan fingerprint density at radius 1 is 1.36 bits per heavy atom. The summed E-state index contributed by atoms with van der Waals surface area (Å²) < 4.78 is 21.9. The molecule has 2 aromatic rings. The number of carboxylic acids is 1. The summed E-state index contributed by atoms with van der Waals surface area (Å²) in [5, 5.41) is 9.48. The lowest BCUT2D eigenvalue weighted by atomic mass is 10.0. The maximum absolute atomic E-state index is 14.6. The highest BCUT2D eigenvalue weighted by atomic mass is 19.1. The lowest BCUT2D eigenvalue weighted by molar-refractivity contribution is -0.131. The largest absolute Gasteiger partial charge is 0.486 e. The van der Waals surface area contributed by atoms with Gasteiger partial charge in [-0.15, -0.1) is 0 Å². The van der Waals surface area contributed by atoms with Crippen LogP contribution in [0.25, 0.3) is 17.0 Å². The molecule has 2 aliphatic rings. The molecule has 1 atom stereocenters. The van der Waals surface area contributed by atoms with Gasteiger partial charge in [0.1, 0.15) is 6.61 Å². The highest BCUT2D eigenvalue weighted by Crippen LogP contribution is 2.36. The number of benzene rings is 1. The molecule has 0 unspecified atom stereocenters. The molecule has 2 aliphatic heterocycles. The van der Waals surface area contributed by atoms with E-state index in [-0.39, 0.29) is 30.0 Å². The van der Waals surface area contributed by atoms with Crippen LogP contribution in [0.2, 0.25) is 0 Å². The van der Waals surface area contributed by atoms with Crippen molar-refractivity contribution in [1.82, 2.24) is 9.47 Å². The maximum Gasteiger partial charge on any atom is 0.328 e. The van der Waals surface area contributed by atoms with Crippen LogP contribution in [0.1, 0.15) is 24.4 Å². The number of hydrogen-bond donors (Lipinski definition) is 2. The number of nitrogens with two attached hydrogens (primary N) is 1. The van der Waals surface area contributed by atoms with E-state index in [1.54, 1.807) is 10.6 Å². The molecule has 1 saturated heterocycles. The van der Waals surface area contributed by atoms with Crippen LogP contribution in [0.4, 0.5) is 4.39 Å². The van der Waals surface area contributed by atoms with Gasteiger partial charge in [-0.05, 0) is 49.7 Å². The summed E-state index contributed by atoms with van der Waals surface area (Å²) >= 11 is 0. The predicted molar refractivity (Wildman–Crippen MR) is 103 cm³/mol. The predicted octanol–water partition coefficient (Wildman–Crippen LogP) is 1.59. The summed E-state index contributed by atoms with van der Waals surface area (Å²) in [6.07, 6.45) is 4.09. The Kier molecular flexibility index (Phi) is 4.91. The van der Waals surface area contributed by atoms with Crippen molar-refractivity contribution in [3.05, 3.63) is 46.0 Å². The molecule has 0 aliphatic carbocycles. The highest BCUT2D eigenvalue weighted by Gasteiger charge is 2.29. The van der Waals surface area contributed by atoms with Crippen molar-refractivity contribution in [3.63, 3.8) is 0 Å². The molecule has 0 spiro atoms. The summed E-state index contributed by atoms with van der Waals surface area (Å²) in [5.74, 6) is -1.70. The van der Waals surface area contributed by atoms with Crippen molar-refractivity contribution in [2.24, 2.45) is 5.73 Å². The van der Waals surface area contributed by atoms with Gasteiger partial charge in [0.2, 0.25) is 0 Å². The Balaban J connectivity index is 1.79. The highest BCUT2D eigenvalue weighted by molar-refractivity contribution is 5.96. The van der Waals surface area contributed by atoms with Crippen LogP contribution in [-0.4, -0.2) is 52.8 Å². The SMILES string of the molecule is NC1CCN(C[C@@H]2COc3c(F)cc(/C=C/C(=O)O)c4ccc(=O)n2c34)CC1. The van der Waals surface area contributed by atoms with Gasteiger partial charge < -0.3 is 20.5 Å². The second kappa shape index (κ2) is 7.37. The number of rotatable bonds is 4. The van der Waals surface area contributed by atoms with Gasteiger partial charge in [-0.1, -0.05) is 0 Å². The quantitative estimate of drug-likeness (QED) is 0.774. The van der Waals surface area contributed by atoms with Crippen molar-refractivity contribution in [1.29, 1.82) is 0 Å². The van der Waals surface area contributed by atoms with Gasteiger partial charge >= 0.3 is 5.97 Å². The van der Waals surface area contributed by atoms with E-state index in [0.717, 1.165) is 32.0 Å². The average Bonchev–Trinajstić information content (AvgIpc) is 2.67. The number of hydrogen-bond acceptors (Lipinski definition) is 5. The molecule has 3 N–H and O–H groups in total. The Morgan fingerprint density at radius 3 is 2.82 bits per heavy atom. The van der Waals surface area contributed by atoms with E-state index >= 15 is 0 Å². The molecule has 3 heterocycles. The average molecular weight is 387 g/mol. The number of aliphatic carboxylic acids is 1. The van der Waals surface area contributed by atoms with Crippen molar-refractivity contribution in [2.45, 2.75) is 24.9 Å². The van der Waals surface area contributed by atoms with E-state index in [0.29, 0.717) is 23.0 Å². The maximum atomic E-state index is 14.6. The number of piperidine rings is 1. The molecular weight excluding hydrogens is 365 g/mol. The third-order valence-electron chi connectivity index (χ3n) is 5.44. The fourth-order valence-electron chi connectivity index (χ4n) is 4.03. The van der Waals surface area contributed by atoms with E-state index < -0.39 is 11.8 Å². The zero-order chi connectivity index (χ0) is 19.8. The smallest absolute Gasteiger partial charge is 0.328 e. The van der Waals surface area contributed by atoms with Crippen LogP contribution in [0.5, 0.6) is 5.75 Å². The second-order valence-electron chi connectivity index (χ2n) is 7.36. The van der Waals surface area contributed by atoms with Gasteiger partial charge in [0, 0.05) is 30.1 Å². The van der Waals surface area contributed by atoms with Crippen LogP contribution in [-0.2, 0) is 4.79 Å². The molecule has 28 heavy (non-hydrogen) atoms. The lowest BCUT2D eigenvalue weighted by Crippen LogP contribution is -2.45. The van der Waals surface area contributed by atoms with Crippen molar-refractivity contribution in [3.8, 4) is 5.75 Å². The van der Waals surface area contributed by atoms with Crippen LogP contribution < -0.4 is 16.0 Å². The number of aromatic nitrogens is 1. The fourth-order valence-corrected chi connectivity index (χ4v) is 4.03. The summed E-state index contributed by atoms with van der Waals surface area (Å²) in [5.41, 5.74) is 6.51. The third kappa shape index (κ3) is 3.41. The molecule has 4 rings (SSSR count). The minimum Gasteiger partial charge on any atom is -0.486 e. The van der Waals surface area contributed by atoms with E-state index in [2.05, 4.69) is 4.90 Å². The van der Waals surface area contributed by atoms with Crippen LogP contribution in [0.15, 0.2) is 29.1 Å². The Hall–Kier alpha value is -2.71. The second-order valence-corrected chi connectivity index (χ2v) is 7.36. The first-order valence-electron chi connectivity index (χ1n) is 9.33. The third-order valence-corrected chi connectivity index (χ3v) is 5.44. The number of carbonyl (C=O) groups is 1. The number of pyridine rings is 1. The molecular formula is C20H22FN3O4. The topological polar surface area (TPSA) is 97.8 Å². The Morgan fingerprint density at radius 2 is 2.11 bits per heavy atom. The van der Waals surface area contributed by atoms with Gasteiger partial charge in [-0.25, -0.2) is 9.18 Å². The van der Waals surface area contributed by atoms with Gasteiger partial charge in [-0.3, -0.25) is 9.36 Å². The number of nitrogens with zero attached hydrogens (tertiary/aromatic N) is 2. The number of likely N-dealkylation sites (tertiary alicyclic amines) is 1. The molecule has 0 amide bonds. The summed E-state index contributed by atoms with van der Waals surface area (Å²) in [6, 6.07) is 4.22. The van der Waals surface area contributed by atoms with Crippen molar-refractivity contribution >= 4 is 22.9 Å². The normalized spacial score (nSPS) is 20.6. The fraction of sp³-hybridized carbons (Fsp3) is 0.400. The monoisotopic (exact) mass is 387 g/mol. The molecule has 0 radical (unpaired) electrons. The Bertz CT molecular complexity index is 1010. The van der Waals surface area contributed by atoms with Crippen molar-refractivity contribution in [2.75, 3.05) is 26.2 Å². The lowest BCUT2D eigenvalue weighted by Gasteiger charge is -2.35. The van der Waals surface area contributed by atoms with Crippen LogP contribution in [0, 0.1) is 5.82 Å². The van der Waals surface area contributed by atoms with Gasteiger partial charge in [0.15, 0.2) is 11.6 Å². The minimum atomic E-state index is -1.13. The molecule has 0 saturated carbocycles. The first-order valence-corrected chi connectivity index (χ1v) is 9.33. The zero-order valence-electron chi connectivity index (χ0n) is 15.3. The number of carboxylic acid groups (broad SMARTS) is 1. The van der Waals surface area contributed by atoms with Crippen molar-refractivity contribution < 1.29 is 19.0 Å². The first kappa shape index (κ1) is 18.6. The van der Waals surface area contributed by atoms with Gasteiger partial charge in [0.25, 0.3) is 5.56 Å². The zero-order valence-corrected chi connectivity index (χ0v) is 15.3. The summed E-state index contributed by atoms with van der Waals surface area (Å²) in [4.78, 5) is 25.8. The summed E-state index contributed by atoms with van der Waals surface area (Å²) in [6.45, 7) is 2.52. The molecule has 0 bridgehead atoms. The standard InChI is InChI=1S/C20H22FN3O4/c21-16-9-12(1-4-18(26)27)15-2-3-17(25)24-14(11-28-20(16)19(15)24)10-23-7-5-13(22)6-8-23/h1-4,9,13-14H,5-8,10-11,22H2,(H,26,27)/b4-1+/t14-/m1/s1. The van der Waals surface area contributed by atoms with Gasteiger partial charge in [-0.2, -0.15) is 0 Å². The minimum absolute atomic E-state index is 0.0390. The van der Waals surface area contributed by atoms with Crippen LogP contribution >= 0.6 is 0 Å². The molecule has 8 heteroatoms. The van der Waals surface area contributed by atoms with E-state index in [9.17, 15) is 14.0 Å². The molecule has 1 aromatic carbocycles. The molecule has 1 aromatic heterocycles. The van der Waals surface area contributed by atoms with E-state index in [4.69, 9.17) is 15.6 Å². The summed E-state index contributed by atoms with van der Waals surface area (Å²) in [7, 11) is 0. The Labute approximate surface area is 160 Å². The van der Waals surface area contributed by atoms with E-state index in [1.807, 2.05) is 0 Å². The molecule has 1 fully saturated rings.